The highest BCUT2D eigenvalue weighted by Crippen LogP contribution is 2.38. The first-order valence-corrected chi connectivity index (χ1v) is 6.94. The molecule has 1 saturated carbocycles. The zero-order chi connectivity index (χ0) is 14.6. The van der Waals surface area contributed by atoms with Crippen LogP contribution in [0.1, 0.15) is 54.6 Å². The molecule has 1 aromatic heterocycles. The topological polar surface area (TPSA) is 92.4 Å². The molecular formula is C14H20N2O4. The molecule has 0 bridgehead atoms. The third-order valence-electron chi connectivity index (χ3n) is 4.02. The molecule has 1 aromatic rings. The van der Waals surface area contributed by atoms with E-state index in [2.05, 4.69) is 10.5 Å². The number of aliphatic carboxylic acids is 1. The lowest BCUT2D eigenvalue weighted by Gasteiger charge is -2.36. The highest BCUT2D eigenvalue weighted by atomic mass is 16.5. The number of nitrogens with one attached hydrogen (secondary N) is 1. The van der Waals surface area contributed by atoms with E-state index in [1.165, 1.54) is 6.20 Å². The van der Waals surface area contributed by atoms with Crippen molar-refractivity contribution in [1.82, 2.24) is 10.5 Å². The Morgan fingerprint density at radius 1 is 1.40 bits per heavy atom. The first kappa shape index (κ1) is 14.6. The van der Waals surface area contributed by atoms with Gasteiger partial charge in [0.1, 0.15) is 0 Å². The molecule has 0 saturated heterocycles. The number of hydrogen-bond acceptors (Lipinski definition) is 4. The smallest absolute Gasteiger partial charge is 0.303 e. The van der Waals surface area contributed by atoms with E-state index in [1.54, 1.807) is 6.92 Å². The minimum absolute atomic E-state index is 0.0999. The van der Waals surface area contributed by atoms with Gasteiger partial charge in [-0.2, -0.15) is 0 Å². The second-order valence-electron chi connectivity index (χ2n) is 5.65. The van der Waals surface area contributed by atoms with E-state index < -0.39 is 5.97 Å². The number of carboxylic acids is 1. The minimum Gasteiger partial charge on any atom is -0.481 e. The Bertz CT molecular complexity index is 489. The van der Waals surface area contributed by atoms with Gasteiger partial charge in [-0.05, 0) is 25.2 Å². The van der Waals surface area contributed by atoms with E-state index in [1.807, 2.05) is 0 Å². The van der Waals surface area contributed by atoms with Crippen LogP contribution in [0.4, 0.5) is 0 Å². The van der Waals surface area contributed by atoms with Gasteiger partial charge < -0.3 is 14.9 Å². The Morgan fingerprint density at radius 3 is 2.65 bits per heavy atom. The molecule has 0 unspecified atom stereocenters. The van der Waals surface area contributed by atoms with Crippen molar-refractivity contribution in [3.05, 3.63) is 17.5 Å². The number of aromatic nitrogens is 1. The predicted octanol–water partition coefficient (Wildman–Crippen LogP) is 2.14. The molecular weight excluding hydrogens is 260 g/mol. The molecule has 1 heterocycles. The third kappa shape index (κ3) is 3.37. The average molecular weight is 280 g/mol. The number of hydrogen-bond donors (Lipinski definition) is 2. The monoisotopic (exact) mass is 280 g/mol. The van der Waals surface area contributed by atoms with Crippen molar-refractivity contribution in [2.75, 3.05) is 6.54 Å². The zero-order valence-corrected chi connectivity index (χ0v) is 11.6. The molecule has 1 amide bonds. The molecule has 20 heavy (non-hydrogen) atoms. The SMILES string of the molecule is Cc1cnoc1C(=O)NCC1(CC(=O)O)CCCCC1. The molecule has 0 radical (unpaired) electrons. The third-order valence-corrected chi connectivity index (χ3v) is 4.02. The van der Waals surface area contributed by atoms with Gasteiger partial charge in [-0.15, -0.1) is 0 Å². The summed E-state index contributed by atoms with van der Waals surface area (Å²) in [6, 6.07) is 0. The maximum absolute atomic E-state index is 12.0. The van der Waals surface area contributed by atoms with E-state index in [4.69, 9.17) is 9.63 Å². The van der Waals surface area contributed by atoms with Crippen molar-refractivity contribution < 1.29 is 19.2 Å². The summed E-state index contributed by atoms with van der Waals surface area (Å²) in [5, 5.41) is 15.5. The maximum atomic E-state index is 12.0. The summed E-state index contributed by atoms with van der Waals surface area (Å²) >= 11 is 0. The second-order valence-corrected chi connectivity index (χ2v) is 5.65. The van der Waals surface area contributed by atoms with Crippen LogP contribution < -0.4 is 5.32 Å². The molecule has 1 fully saturated rings. The van der Waals surface area contributed by atoms with Crippen LogP contribution in [0.5, 0.6) is 0 Å². The van der Waals surface area contributed by atoms with Crippen LogP contribution in [0.3, 0.4) is 0 Å². The minimum atomic E-state index is -0.808. The van der Waals surface area contributed by atoms with E-state index in [9.17, 15) is 9.59 Å². The summed E-state index contributed by atoms with van der Waals surface area (Å²) in [5.74, 6) is -0.932. The molecule has 1 aliphatic rings. The quantitative estimate of drug-likeness (QED) is 0.862. The van der Waals surface area contributed by atoms with Gasteiger partial charge in [-0.3, -0.25) is 9.59 Å². The molecule has 2 rings (SSSR count). The zero-order valence-electron chi connectivity index (χ0n) is 11.6. The Labute approximate surface area is 117 Å². The summed E-state index contributed by atoms with van der Waals surface area (Å²) in [4.78, 5) is 23.1. The Morgan fingerprint density at radius 2 is 2.10 bits per heavy atom. The van der Waals surface area contributed by atoms with E-state index >= 15 is 0 Å². The Kier molecular flexibility index (Phi) is 4.42. The van der Waals surface area contributed by atoms with Crippen LogP contribution in [0, 0.1) is 12.3 Å². The lowest BCUT2D eigenvalue weighted by Crippen LogP contribution is -2.40. The molecule has 0 atom stereocenters. The number of aryl methyl sites for hydroxylation is 1. The van der Waals surface area contributed by atoms with Crippen molar-refractivity contribution >= 4 is 11.9 Å². The number of amides is 1. The summed E-state index contributed by atoms with van der Waals surface area (Å²) in [5.41, 5.74) is 0.353. The van der Waals surface area contributed by atoms with Crippen molar-refractivity contribution in [3.63, 3.8) is 0 Å². The molecule has 1 aliphatic carbocycles. The number of carbonyl (C=O) groups excluding carboxylic acids is 1. The summed E-state index contributed by atoms with van der Waals surface area (Å²) in [6.45, 7) is 2.12. The van der Waals surface area contributed by atoms with Gasteiger partial charge in [0.25, 0.3) is 5.91 Å². The summed E-state index contributed by atoms with van der Waals surface area (Å²) in [7, 11) is 0. The molecule has 0 aliphatic heterocycles. The van der Waals surface area contributed by atoms with Gasteiger partial charge in [0.2, 0.25) is 5.76 Å². The Hall–Kier alpha value is -1.85. The van der Waals surface area contributed by atoms with Gasteiger partial charge in [-0.1, -0.05) is 24.4 Å². The molecule has 0 spiro atoms. The highest BCUT2D eigenvalue weighted by molar-refractivity contribution is 5.92. The van der Waals surface area contributed by atoms with Crippen LogP contribution >= 0.6 is 0 Å². The Balaban J connectivity index is 2.00. The van der Waals surface area contributed by atoms with Gasteiger partial charge in [0.15, 0.2) is 0 Å². The first-order valence-electron chi connectivity index (χ1n) is 6.94. The maximum Gasteiger partial charge on any atom is 0.303 e. The van der Waals surface area contributed by atoms with Crippen molar-refractivity contribution in [2.45, 2.75) is 45.4 Å². The van der Waals surface area contributed by atoms with Gasteiger partial charge in [-0.25, -0.2) is 0 Å². The normalized spacial score (nSPS) is 17.6. The van der Waals surface area contributed by atoms with Crippen LogP contribution in [-0.4, -0.2) is 28.7 Å². The molecule has 2 N–H and O–H groups in total. The first-order chi connectivity index (χ1) is 9.52. The number of nitrogens with zero attached hydrogens (tertiary/aromatic N) is 1. The fourth-order valence-electron chi connectivity index (χ4n) is 2.90. The lowest BCUT2D eigenvalue weighted by molar-refractivity contribution is -0.140. The fraction of sp³-hybridized carbons (Fsp3) is 0.643. The molecule has 6 nitrogen and oxygen atoms in total. The van der Waals surface area contributed by atoms with Gasteiger partial charge in [0.05, 0.1) is 12.6 Å². The predicted molar refractivity (Wildman–Crippen MR) is 71.3 cm³/mol. The molecule has 110 valence electrons. The largest absolute Gasteiger partial charge is 0.481 e. The van der Waals surface area contributed by atoms with Crippen molar-refractivity contribution in [3.8, 4) is 0 Å². The van der Waals surface area contributed by atoms with E-state index in [0.717, 1.165) is 32.1 Å². The second kappa shape index (κ2) is 6.07. The van der Waals surface area contributed by atoms with Gasteiger partial charge >= 0.3 is 5.97 Å². The van der Waals surface area contributed by atoms with Crippen LogP contribution in [0.25, 0.3) is 0 Å². The number of carboxylic acid groups (broad SMARTS) is 1. The summed E-state index contributed by atoms with van der Waals surface area (Å²) in [6.07, 6.45) is 6.45. The standard InChI is InChI=1S/C14H20N2O4/c1-10-8-16-20-12(10)13(19)15-9-14(7-11(17)18)5-3-2-4-6-14/h8H,2-7,9H2,1H3,(H,15,19)(H,17,18). The number of carbonyl (C=O) groups is 2. The lowest BCUT2D eigenvalue weighted by atomic mass is 9.71. The van der Waals surface area contributed by atoms with E-state index in [0.29, 0.717) is 12.1 Å². The average Bonchev–Trinajstić information content (AvgIpc) is 2.83. The highest BCUT2D eigenvalue weighted by Gasteiger charge is 2.35. The van der Waals surface area contributed by atoms with Crippen LogP contribution in [0.15, 0.2) is 10.7 Å². The fourth-order valence-corrected chi connectivity index (χ4v) is 2.90. The van der Waals surface area contributed by atoms with Crippen LogP contribution in [0.2, 0.25) is 0 Å². The van der Waals surface area contributed by atoms with Crippen molar-refractivity contribution in [1.29, 1.82) is 0 Å². The molecule has 6 heteroatoms. The van der Waals surface area contributed by atoms with E-state index in [-0.39, 0.29) is 23.5 Å². The molecule has 0 aromatic carbocycles. The summed E-state index contributed by atoms with van der Waals surface area (Å²) < 4.78 is 4.90. The van der Waals surface area contributed by atoms with Gasteiger partial charge in [0, 0.05) is 12.1 Å². The van der Waals surface area contributed by atoms with Crippen molar-refractivity contribution in [2.24, 2.45) is 5.41 Å². The van der Waals surface area contributed by atoms with Crippen LogP contribution in [-0.2, 0) is 4.79 Å². The number of rotatable bonds is 5.